The van der Waals surface area contributed by atoms with Crippen LogP contribution in [0.3, 0.4) is 0 Å². The molecular formula is C13H23N. The normalized spacial score (nSPS) is 19.7. The minimum atomic E-state index is 1.04. The first-order valence-electron chi connectivity index (χ1n) is 5.71. The Hall–Kier alpha value is -0.560. The molecule has 1 rings (SSSR count). The third-order valence-corrected chi connectivity index (χ3v) is 2.72. The summed E-state index contributed by atoms with van der Waals surface area (Å²) in [5, 5.41) is 0. The van der Waals surface area contributed by atoms with Gasteiger partial charge in [0, 0.05) is 6.54 Å². The van der Waals surface area contributed by atoms with Gasteiger partial charge in [-0.15, -0.1) is 0 Å². The number of hydrogen-bond donors (Lipinski definition) is 0. The largest absolute Gasteiger partial charge is 0.299 e. The van der Waals surface area contributed by atoms with Crippen LogP contribution in [0.4, 0.5) is 0 Å². The van der Waals surface area contributed by atoms with E-state index in [2.05, 4.69) is 31.4 Å². The molecule has 1 heterocycles. The van der Waals surface area contributed by atoms with Gasteiger partial charge in [0.1, 0.15) is 0 Å². The van der Waals surface area contributed by atoms with Crippen molar-refractivity contribution in [2.24, 2.45) is 0 Å². The fourth-order valence-corrected chi connectivity index (χ4v) is 1.88. The summed E-state index contributed by atoms with van der Waals surface area (Å²) in [6.07, 6.45) is 7.54. The first kappa shape index (κ1) is 11.5. The van der Waals surface area contributed by atoms with Crippen molar-refractivity contribution >= 4 is 0 Å². The number of likely N-dealkylation sites (tertiary alicyclic amines) is 1. The van der Waals surface area contributed by atoms with Gasteiger partial charge in [0.25, 0.3) is 0 Å². The van der Waals surface area contributed by atoms with Crippen molar-refractivity contribution in [3.63, 3.8) is 0 Å². The lowest BCUT2D eigenvalue weighted by Crippen LogP contribution is -2.31. The van der Waals surface area contributed by atoms with Crippen LogP contribution < -0.4 is 0 Å². The van der Waals surface area contributed by atoms with Crippen LogP contribution in [0.1, 0.15) is 39.5 Å². The molecule has 0 atom stereocenters. The van der Waals surface area contributed by atoms with Gasteiger partial charge in [-0.05, 0) is 46.2 Å². The monoisotopic (exact) mass is 193 g/mol. The summed E-state index contributed by atoms with van der Waals surface area (Å²) in [6.45, 7) is 12.0. The van der Waals surface area contributed by atoms with E-state index in [1.165, 1.54) is 43.5 Å². The summed E-state index contributed by atoms with van der Waals surface area (Å²) in [5.41, 5.74) is 2.75. The first-order chi connectivity index (χ1) is 6.68. The van der Waals surface area contributed by atoms with Crippen molar-refractivity contribution in [2.75, 3.05) is 19.6 Å². The molecule has 1 heteroatoms. The Labute approximate surface area is 88.5 Å². The zero-order valence-electron chi connectivity index (χ0n) is 9.68. The maximum Gasteiger partial charge on any atom is 0.0190 e. The van der Waals surface area contributed by atoms with Crippen LogP contribution in [0.2, 0.25) is 0 Å². The smallest absolute Gasteiger partial charge is 0.0190 e. The van der Waals surface area contributed by atoms with Gasteiger partial charge in [0.15, 0.2) is 0 Å². The van der Waals surface area contributed by atoms with E-state index in [1.807, 2.05) is 0 Å². The lowest BCUT2D eigenvalue weighted by molar-refractivity contribution is 0.246. The summed E-state index contributed by atoms with van der Waals surface area (Å²) in [6, 6.07) is 0. The van der Waals surface area contributed by atoms with E-state index in [1.54, 1.807) is 0 Å². The highest BCUT2D eigenvalue weighted by Crippen LogP contribution is 2.11. The van der Waals surface area contributed by atoms with Crippen molar-refractivity contribution in [1.29, 1.82) is 0 Å². The predicted octanol–water partition coefficient (Wildman–Crippen LogP) is 3.38. The molecule has 1 aliphatic heterocycles. The number of rotatable bonds is 4. The highest BCUT2D eigenvalue weighted by atomic mass is 15.1. The number of nitrogens with zero attached hydrogens (tertiary/aromatic N) is 1. The molecule has 0 radical (unpaired) electrons. The van der Waals surface area contributed by atoms with Gasteiger partial charge in [-0.25, -0.2) is 0 Å². The van der Waals surface area contributed by atoms with E-state index in [0.29, 0.717) is 0 Å². The van der Waals surface area contributed by atoms with Gasteiger partial charge in [-0.3, -0.25) is 4.90 Å². The van der Waals surface area contributed by atoms with Crippen molar-refractivity contribution in [1.82, 2.24) is 4.90 Å². The molecule has 0 aliphatic carbocycles. The summed E-state index contributed by atoms with van der Waals surface area (Å²) in [4.78, 5) is 2.56. The molecule has 80 valence electrons. The molecule has 0 spiro atoms. The second-order valence-electron chi connectivity index (χ2n) is 4.55. The molecule has 0 amide bonds. The summed E-state index contributed by atoms with van der Waals surface area (Å²) in [7, 11) is 0. The third kappa shape index (κ3) is 4.61. The molecule has 1 aliphatic rings. The topological polar surface area (TPSA) is 3.24 Å². The van der Waals surface area contributed by atoms with Crippen LogP contribution >= 0.6 is 0 Å². The van der Waals surface area contributed by atoms with Crippen LogP contribution in [0.15, 0.2) is 23.8 Å². The Kier molecular flexibility index (Phi) is 4.95. The zero-order chi connectivity index (χ0) is 10.4. The number of hydrogen-bond acceptors (Lipinski definition) is 1. The lowest BCUT2D eigenvalue weighted by Gasteiger charge is -2.26. The van der Waals surface area contributed by atoms with E-state index < -0.39 is 0 Å². The second-order valence-corrected chi connectivity index (χ2v) is 4.55. The van der Waals surface area contributed by atoms with Gasteiger partial charge < -0.3 is 0 Å². The van der Waals surface area contributed by atoms with E-state index in [0.717, 1.165) is 13.0 Å². The predicted molar refractivity (Wildman–Crippen MR) is 63.5 cm³/mol. The molecule has 1 saturated heterocycles. The minimum Gasteiger partial charge on any atom is -0.299 e. The Balaban J connectivity index is 2.27. The Morgan fingerprint density at radius 2 is 1.86 bits per heavy atom. The Morgan fingerprint density at radius 1 is 1.21 bits per heavy atom. The van der Waals surface area contributed by atoms with Crippen LogP contribution in [0, 0.1) is 0 Å². The molecular weight excluding hydrogens is 170 g/mol. The fourth-order valence-electron chi connectivity index (χ4n) is 1.88. The third-order valence-electron chi connectivity index (χ3n) is 2.72. The van der Waals surface area contributed by atoms with E-state index in [9.17, 15) is 0 Å². The van der Waals surface area contributed by atoms with Crippen LogP contribution in [-0.2, 0) is 0 Å². The minimum absolute atomic E-state index is 1.04. The van der Waals surface area contributed by atoms with Gasteiger partial charge in [-0.2, -0.15) is 0 Å². The molecule has 14 heavy (non-hydrogen) atoms. The molecule has 0 aromatic carbocycles. The zero-order valence-corrected chi connectivity index (χ0v) is 9.68. The maximum atomic E-state index is 3.92. The molecule has 0 aromatic heterocycles. The van der Waals surface area contributed by atoms with Crippen molar-refractivity contribution in [2.45, 2.75) is 39.5 Å². The average molecular weight is 193 g/mol. The SMILES string of the molecule is C=C(C)C/C=C(\C)CN1CCCCC1. The van der Waals surface area contributed by atoms with Crippen molar-refractivity contribution < 1.29 is 0 Å². The van der Waals surface area contributed by atoms with Gasteiger partial charge >= 0.3 is 0 Å². The maximum absolute atomic E-state index is 3.92. The van der Waals surface area contributed by atoms with E-state index >= 15 is 0 Å². The summed E-state index contributed by atoms with van der Waals surface area (Å²) < 4.78 is 0. The highest BCUT2D eigenvalue weighted by molar-refractivity contribution is 5.07. The van der Waals surface area contributed by atoms with Crippen LogP contribution in [-0.4, -0.2) is 24.5 Å². The van der Waals surface area contributed by atoms with Crippen LogP contribution in [0.5, 0.6) is 0 Å². The number of allylic oxidation sites excluding steroid dienone is 2. The van der Waals surface area contributed by atoms with Gasteiger partial charge in [0.2, 0.25) is 0 Å². The van der Waals surface area contributed by atoms with Crippen molar-refractivity contribution in [3.8, 4) is 0 Å². The average Bonchev–Trinajstić information content (AvgIpc) is 2.16. The quantitative estimate of drug-likeness (QED) is 0.619. The first-order valence-corrected chi connectivity index (χ1v) is 5.71. The van der Waals surface area contributed by atoms with Gasteiger partial charge in [0.05, 0.1) is 0 Å². The molecule has 0 aromatic rings. The summed E-state index contributed by atoms with van der Waals surface area (Å²) in [5.74, 6) is 0. The summed E-state index contributed by atoms with van der Waals surface area (Å²) >= 11 is 0. The molecule has 0 bridgehead atoms. The van der Waals surface area contributed by atoms with Crippen molar-refractivity contribution in [3.05, 3.63) is 23.8 Å². The molecule has 0 saturated carbocycles. The van der Waals surface area contributed by atoms with Crippen LogP contribution in [0.25, 0.3) is 0 Å². The van der Waals surface area contributed by atoms with E-state index in [-0.39, 0.29) is 0 Å². The number of piperidine rings is 1. The lowest BCUT2D eigenvalue weighted by atomic mass is 10.1. The molecule has 0 unspecified atom stereocenters. The fraction of sp³-hybridized carbons (Fsp3) is 0.692. The molecule has 0 N–H and O–H groups in total. The Bertz CT molecular complexity index is 209. The molecule has 1 fully saturated rings. The molecule has 1 nitrogen and oxygen atoms in total. The second kappa shape index (κ2) is 6.02. The van der Waals surface area contributed by atoms with Gasteiger partial charge in [-0.1, -0.05) is 30.2 Å². The Morgan fingerprint density at radius 3 is 2.43 bits per heavy atom. The standard InChI is InChI=1S/C13H23N/c1-12(2)7-8-13(3)11-14-9-5-4-6-10-14/h8H,1,4-7,9-11H2,2-3H3/b13-8+. The van der Waals surface area contributed by atoms with E-state index in [4.69, 9.17) is 0 Å². The highest BCUT2D eigenvalue weighted by Gasteiger charge is 2.09.